The molecule has 2 nitrogen and oxygen atoms in total. The number of rotatable bonds is 1. The normalized spacial score (nSPS) is 11.3. The first-order valence-corrected chi connectivity index (χ1v) is 1.66. The molecule has 0 aromatic carbocycles. The van der Waals surface area contributed by atoms with Gasteiger partial charge in [-0.05, 0) is 6.92 Å². The van der Waals surface area contributed by atoms with Gasteiger partial charge in [0.15, 0.2) is 0 Å². The molecule has 2 heteroatoms. The van der Waals surface area contributed by atoms with E-state index in [9.17, 15) is 0 Å². The molecule has 0 saturated carbocycles. The first kappa shape index (κ1) is 5.34. The van der Waals surface area contributed by atoms with Gasteiger partial charge in [-0.3, -0.25) is 0 Å². The Bertz CT molecular complexity index is 56.6. The molecule has 0 amide bonds. The molecule has 0 bridgehead atoms. The SMILES string of the molecule is CO/C(C)=C/O. The van der Waals surface area contributed by atoms with E-state index in [-0.39, 0.29) is 0 Å². The average molecular weight is 88.1 g/mol. The van der Waals surface area contributed by atoms with Gasteiger partial charge in [-0.2, -0.15) is 0 Å². The van der Waals surface area contributed by atoms with Crippen molar-refractivity contribution in [2.45, 2.75) is 6.92 Å². The fraction of sp³-hybridized carbons (Fsp3) is 0.500. The highest BCUT2D eigenvalue weighted by atomic mass is 16.5. The second kappa shape index (κ2) is 2.57. The molecular formula is C4H8O2. The average Bonchev–Trinajstić information content (AvgIpc) is 1.65. The Morgan fingerprint density at radius 3 is 2.33 bits per heavy atom. The number of hydrogen-bond donors (Lipinski definition) is 1. The Balaban J connectivity index is 3.22. The number of aliphatic hydroxyl groups is 1. The largest absolute Gasteiger partial charge is 0.512 e. The van der Waals surface area contributed by atoms with Crippen LogP contribution in [0.15, 0.2) is 12.0 Å². The van der Waals surface area contributed by atoms with Gasteiger partial charge in [0.1, 0.15) is 12.0 Å². The lowest BCUT2D eigenvalue weighted by Gasteiger charge is -1.90. The quantitative estimate of drug-likeness (QED) is 0.485. The molecule has 36 valence electrons. The third-order valence-corrected chi connectivity index (χ3v) is 0.504. The minimum absolute atomic E-state index is 0.523. The summed E-state index contributed by atoms with van der Waals surface area (Å²) in [5.74, 6) is 0.523. The fourth-order valence-electron chi connectivity index (χ4n) is 0.0527. The van der Waals surface area contributed by atoms with Crippen LogP contribution in [0.2, 0.25) is 0 Å². The summed E-state index contributed by atoms with van der Waals surface area (Å²) in [5, 5.41) is 8.05. The van der Waals surface area contributed by atoms with Gasteiger partial charge in [0.25, 0.3) is 0 Å². The van der Waals surface area contributed by atoms with Crippen molar-refractivity contribution in [3.05, 3.63) is 12.0 Å². The number of allylic oxidation sites excluding steroid dienone is 1. The predicted octanol–water partition coefficient (Wildman–Crippen LogP) is 1.05. The summed E-state index contributed by atoms with van der Waals surface area (Å²) in [6, 6.07) is 0. The second-order valence-electron chi connectivity index (χ2n) is 0.944. The molecule has 0 aliphatic carbocycles. The predicted molar refractivity (Wildman–Crippen MR) is 23.4 cm³/mol. The van der Waals surface area contributed by atoms with Gasteiger partial charge in [-0.15, -0.1) is 0 Å². The molecule has 0 saturated heterocycles. The summed E-state index contributed by atoms with van der Waals surface area (Å²) >= 11 is 0. The smallest absolute Gasteiger partial charge is 0.126 e. The van der Waals surface area contributed by atoms with Crippen LogP contribution in [0.1, 0.15) is 6.92 Å². The first-order chi connectivity index (χ1) is 2.81. The highest BCUT2D eigenvalue weighted by molar-refractivity contribution is 4.77. The Morgan fingerprint density at radius 1 is 1.83 bits per heavy atom. The molecule has 0 fully saturated rings. The Hall–Kier alpha value is -0.660. The van der Waals surface area contributed by atoms with E-state index in [0.29, 0.717) is 5.76 Å². The van der Waals surface area contributed by atoms with Crippen molar-refractivity contribution in [2.75, 3.05) is 7.11 Å². The van der Waals surface area contributed by atoms with Gasteiger partial charge in [-0.25, -0.2) is 0 Å². The highest BCUT2D eigenvalue weighted by Gasteiger charge is 1.74. The lowest BCUT2D eigenvalue weighted by atomic mass is 10.6. The molecule has 0 aromatic rings. The molecule has 0 atom stereocenters. The molecule has 0 unspecified atom stereocenters. The van der Waals surface area contributed by atoms with Crippen molar-refractivity contribution in [3.8, 4) is 0 Å². The molecule has 0 radical (unpaired) electrons. The lowest BCUT2D eigenvalue weighted by Crippen LogP contribution is -1.75. The van der Waals surface area contributed by atoms with E-state index in [1.807, 2.05) is 0 Å². The van der Waals surface area contributed by atoms with Gasteiger partial charge >= 0.3 is 0 Å². The summed E-state index contributed by atoms with van der Waals surface area (Å²) < 4.78 is 4.51. The zero-order chi connectivity index (χ0) is 4.99. The topological polar surface area (TPSA) is 29.5 Å². The zero-order valence-electron chi connectivity index (χ0n) is 3.93. The molecule has 6 heavy (non-hydrogen) atoms. The van der Waals surface area contributed by atoms with Crippen LogP contribution in [0.4, 0.5) is 0 Å². The third kappa shape index (κ3) is 1.64. The van der Waals surface area contributed by atoms with Crippen LogP contribution >= 0.6 is 0 Å². The summed E-state index contributed by atoms with van der Waals surface area (Å²) in [6.07, 6.45) is 0.917. The van der Waals surface area contributed by atoms with Crippen molar-refractivity contribution in [1.82, 2.24) is 0 Å². The van der Waals surface area contributed by atoms with Crippen LogP contribution in [0.25, 0.3) is 0 Å². The van der Waals surface area contributed by atoms with Crippen LogP contribution in [-0.2, 0) is 4.74 Å². The van der Waals surface area contributed by atoms with Crippen molar-refractivity contribution in [1.29, 1.82) is 0 Å². The number of aliphatic hydroxyl groups excluding tert-OH is 1. The van der Waals surface area contributed by atoms with Gasteiger partial charge in [0.2, 0.25) is 0 Å². The van der Waals surface area contributed by atoms with Crippen LogP contribution < -0.4 is 0 Å². The van der Waals surface area contributed by atoms with E-state index in [1.165, 1.54) is 7.11 Å². The van der Waals surface area contributed by atoms with E-state index in [0.717, 1.165) is 6.26 Å². The zero-order valence-corrected chi connectivity index (χ0v) is 3.93. The highest BCUT2D eigenvalue weighted by Crippen LogP contribution is 1.85. The van der Waals surface area contributed by atoms with E-state index in [4.69, 9.17) is 5.11 Å². The number of hydrogen-bond acceptors (Lipinski definition) is 2. The molecule has 0 rings (SSSR count). The minimum Gasteiger partial charge on any atom is -0.512 e. The maximum atomic E-state index is 8.05. The Labute approximate surface area is 37.1 Å². The van der Waals surface area contributed by atoms with Gasteiger partial charge in [0.05, 0.1) is 7.11 Å². The molecular weight excluding hydrogens is 80.0 g/mol. The summed E-state index contributed by atoms with van der Waals surface area (Å²) in [5.41, 5.74) is 0. The van der Waals surface area contributed by atoms with Crippen LogP contribution in [0, 0.1) is 0 Å². The molecule has 0 aliphatic rings. The fourth-order valence-corrected chi connectivity index (χ4v) is 0.0527. The van der Waals surface area contributed by atoms with Gasteiger partial charge in [-0.1, -0.05) is 0 Å². The van der Waals surface area contributed by atoms with E-state index in [2.05, 4.69) is 4.74 Å². The van der Waals surface area contributed by atoms with Crippen LogP contribution in [0.5, 0.6) is 0 Å². The lowest BCUT2D eigenvalue weighted by molar-refractivity contribution is 0.273. The number of methoxy groups -OCH3 is 1. The summed E-state index contributed by atoms with van der Waals surface area (Å²) in [4.78, 5) is 0. The van der Waals surface area contributed by atoms with E-state index < -0.39 is 0 Å². The maximum absolute atomic E-state index is 8.05. The van der Waals surface area contributed by atoms with E-state index >= 15 is 0 Å². The Morgan fingerprint density at radius 2 is 2.33 bits per heavy atom. The van der Waals surface area contributed by atoms with Crippen molar-refractivity contribution < 1.29 is 9.84 Å². The van der Waals surface area contributed by atoms with Crippen LogP contribution in [0.3, 0.4) is 0 Å². The molecule has 0 aromatic heterocycles. The van der Waals surface area contributed by atoms with E-state index in [1.54, 1.807) is 6.92 Å². The molecule has 1 N–H and O–H groups in total. The van der Waals surface area contributed by atoms with Crippen molar-refractivity contribution in [2.24, 2.45) is 0 Å². The van der Waals surface area contributed by atoms with Crippen molar-refractivity contribution in [3.63, 3.8) is 0 Å². The summed E-state index contributed by atoms with van der Waals surface area (Å²) in [7, 11) is 1.50. The van der Waals surface area contributed by atoms with Crippen molar-refractivity contribution >= 4 is 0 Å². The summed E-state index contributed by atoms with van der Waals surface area (Å²) in [6.45, 7) is 1.67. The second-order valence-corrected chi connectivity index (χ2v) is 0.944. The third-order valence-electron chi connectivity index (χ3n) is 0.504. The maximum Gasteiger partial charge on any atom is 0.126 e. The molecule has 0 aliphatic heterocycles. The minimum atomic E-state index is 0.523. The van der Waals surface area contributed by atoms with Gasteiger partial charge < -0.3 is 9.84 Å². The first-order valence-electron chi connectivity index (χ1n) is 1.66. The molecule has 0 spiro atoms. The number of ether oxygens (including phenoxy) is 1. The monoisotopic (exact) mass is 88.1 g/mol. The van der Waals surface area contributed by atoms with Gasteiger partial charge in [0, 0.05) is 0 Å². The standard InChI is InChI=1S/C4H8O2/c1-4(3-5)6-2/h3,5H,1-2H3/b4-3+. The van der Waals surface area contributed by atoms with Crippen LogP contribution in [-0.4, -0.2) is 12.2 Å². The Kier molecular flexibility index (Phi) is 2.29. The molecule has 0 heterocycles.